The second-order valence-electron chi connectivity index (χ2n) is 24.3. The fraction of sp³-hybridized carbons (Fsp3) is 0.850. The van der Waals surface area contributed by atoms with Crippen LogP contribution in [0.15, 0.2) is 0 Å². The van der Waals surface area contributed by atoms with Gasteiger partial charge in [0.1, 0.15) is 6.61 Å². The zero-order chi connectivity index (χ0) is 72.6. The van der Waals surface area contributed by atoms with Crippen LogP contribution in [0.25, 0.3) is 0 Å². The average Bonchev–Trinajstić information content (AvgIpc) is 3.44. The fourth-order valence-electron chi connectivity index (χ4n) is 3.69. The minimum atomic E-state index is -4.58. The molecular formula is C60H106F10O19. The lowest BCUT2D eigenvalue weighted by Crippen LogP contribution is -2.36. The fourth-order valence-corrected chi connectivity index (χ4v) is 3.69. The smallest absolute Gasteiger partial charge is 0.425 e. The molecule has 29 heteroatoms. The maximum atomic E-state index is 12.5. The van der Waals surface area contributed by atoms with Crippen molar-refractivity contribution < 1.29 is 136 Å². The molecule has 0 aromatic carbocycles. The van der Waals surface area contributed by atoms with E-state index >= 15 is 0 Å². The van der Waals surface area contributed by atoms with Crippen molar-refractivity contribution in [3.8, 4) is 0 Å². The average molecular weight is 1320 g/mol. The van der Waals surface area contributed by atoms with Gasteiger partial charge in [-0.05, 0) is 162 Å². The third kappa shape index (κ3) is 48.9. The predicted molar refractivity (Wildman–Crippen MR) is 310 cm³/mol. The SMILES string of the molecule is CCC(C)(C)C(=O)O.CCC(C)(C)C(=O)OC(C)C(F)(F)F.CCC(C)(C)C(=O)OCC(=O)O.CCC(C)(C)C(=O)OCC(=O)OCC(F)(F)F.CCC(C)(C)C(=O)OCCCC(F)(F)C(F)F.CCC(C)(C)C(=O)OCCO.CCOC(=O)C(C)(C)CC. The van der Waals surface area contributed by atoms with Crippen LogP contribution >= 0.6 is 0 Å². The number of carbonyl (C=O) groups excluding carboxylic acids is 7. The summed E-state index contributed by atoms with van der Waals surface area (Å²) in [4.78, 5) is 98.4. The summed E-state index contributed by atoms with van der Waals surface area (Å²) in [5, 5.41) is 25.0. The molecule has 0 radical (unpaired) electrons. The van der Waals surface area contributed by atoms with E-state index in [1.165, 1.54) is 0 Å². The number of aliphatic hydroxyl groups is 1. The molecule has 0 amide bonds. The largest absolute Gasteiger partial charge is 0.481 e. The van der Waals surface area contributed by atoms with Crippen molar-refractivity contribution in [2.75, 3.05) is 46.2 Å². The molecule has 0 aromatic rings. The Morgan fingerprint density at radius 1 is 0.416 bits per heavy atom. The first-order valence-corrected chi connectivity index (χ1v) is 28.9. The first kappa shape index (κ1) is 97.1. The van der Waals surface area contributed by atoms with E-state index in [0.717, 1.165) is 19.8 Å². The van der Waals surface area contributed by atoms with Crippen molar-refractivity contribution >= 4 is 53.7 Å². The van der Waals surface area contributed by atoms with E-state index in [1.54, 1.807) is 90.0 Å². The Morgan fingerprint density at radius 2 is 0.719 bits per heavy atom. The highest BCUT2D eigenvalue weighted by molar-refractivity contribution is 5.80. The standard InChI is InChI=1S/C11H18F4O2.C10H15F3O4.C9H15F3O2.C8H14O4.C8H16O3.C8H16O2.C6H12O2/c1-4-10(2,3)9(16)17-7-5-6-11(14,15)8(12)13;1-4-9(2,3)8(15)16-5-7(14)17-6-10(11,12)13;1-5-8(3,4)7(13)14-6(2)9(10,11)12;1-4-8(2,3)7(11)12-5-6(9)10;1-4-8(2,3)7(10)11-6-5-9;1-5-8(3,4)7(9)10-6-2;1-4-6(2,3)5(7)8/h8H,4-7H2,1-3H3;4-6H2,1-3H3;6H,5H2,1-4H3;4-5H2,1-3H3,(H,9,10);9H,4-6H2,1-3H3;5-6H2,1-4H3;4H2,1-3H3,(H,7,8). The molecule has 0 aromatic heterocycles. The van der Waals surface area contributed by atoms with Crippen LogP contribution in [0.4, 0.5) is 43.9 Å². The molecule has 89 heavy (non-hydrogen) atoms. The van der Waals surface area contributed by atoms with E-state index < -0.39 is 131 Å². The van der Waals surface area contributed by atoms with Gasteiger partial charge in [0.2, 0.25) is 0 Å². The summed E-state index contributed by atoms with van der Waals surface area (Å²) in [5.74, 6) is -9.85. The maximum absolute atomic E-state index is 12.5. The highest BCUT2D eigenvalue weighted by atomic mass is 19.4. The highest BCUT2D eigenvalue weighted by Crippen LogP contribution is 2.30. The Morgan fingerprint density at radius 3 is 0.978 bits per heavy atom. The van der Waals surface area contributed by atoms with Crippen LogP contribution in [-0.4, -0.2) is 146 Å². The van der Waals surface area contributed by atoms with Crippen LogP contribution in [0.5, 0.6) is 0 Å². The van der Waals surface area contributed by atoms with Crippen LogP contribution in [0.1, 0.15) is 217 Å². The Kier molecular flexibility index (Phi) is 49.0. The number of rotatable bonds is 28. The molecule has 0 saturated carbocycles. The van der Waals surface area contributed by atoms with E-state index in [0.29, 0.717) is 38.7 Å². The van der Waals surface area contributed by atoms with E-state index in [9.17, 15) is 87.1 Å². The lowest BCUT2D eigenvalue weighted by molar-refractivity contribution is -0.221. The quantitative estimate of drug-likeness (QED) is 0.0284. The topological polar surface area (TPSA) is 279 Å². The minimum Gasteiger partial charge on any atom is -0.481 e. The van der Waals surface area contributed by atoms with Crippen molar-refractivity contribution in [1.82, 2.24) is 0 Å². The summed E-state index contributed by atoms with van der Waals surface area (Å²) < 4.78 is 151. The third-order valence-electron chi connectivity index (χ3n) is 13.7. The Bertz CT molecular complexity index is 2070. The molecule has 0 saturated heterocycles. The second-order valence-corrected chi connectivity index (χ2v) is 24.3. The van der Waals surface area contributed by atoms with Gasteiger partial charge in [0.15, 0.2) is 25.9 Å². The Hall–Kier alpha value is -5.51. The van der Waals surface area contributed by atoms with Crippen LogP contribution in [0, 0.1) is 37.9 Å². The first-order valence-electron chi connectivity index (χ1n) is 28.9. The molecule has 0 aliphatic heterocycles. The number of carboxylic acids is 2. The lowest BCUT2D eigenvalue weighted by atomic mass is 9.90. The number of aliphatic hydroxyl groups excluding tert-OH is 1. The molecule has 0 bridgehead atoms. The van der Waals surface area contributed by atoms with Gasteiger partial charge >= 0.3 is 78.4 Å². The van der Waals surface area contributed by atoms with Crippen LogP contribution < -0.4 is 0 Å². The van der Waals surface area contributed by atoms with Crippen LogP contribution in [0.2, 0.25) is 0 Å². The molecule has 0 fully saturated rings. The van der Waals surface area contributed by atoms with Gasteiger partial charge in [-0.1, -0.05) is 48.5 Å². The van der Waals surface area contributed by atoms with E-state index in [-0.39, 0.29) is 43.6 Å². The van der Waals surface area contributed by atoms with E-state index in [1.807, 2.05) is 62.3 Å². The van der Waals surface area contributed by atoms with Gasteiger partial charge in [0.05, 0.1) is 57.7 Å². The highest BCUT2D eigenvalue weighted by Gasteiger charge is 2.42. The summed E-state index contributed by atoms with van der Waals surface area (Å²) in [5.41, 5.74) is -4.17. The van der Waals surface area contributed by atoms with Crippen LogP contribution in [0.3, 0.4) is 0 Å². The molecule has 0 aliphatic rings. The number of carboxylic acid groups (broad SMARTS) is 2. The van der Waals surface area contributed by atoms with Gasteiger partial charge in [-0.25, -0.2) is 27.2 Å². The van der Waals surface area contributed by atoms with Gasteiger partial charge in [-0.2, -0.15) is 26.3 Å². The number of alkyl halides is 10. The summed E-state index contributed by atoms with van der Waals surface area (Å²) in [6.45, 7) is 36.7. The van der Waals surface area contributed by atoms with E-state index in [2.05, 4.69) is 18.9 Å². The summed E-state index contributed by atoms with van der Waals surface area (Å²) in [6.07, 6.45) is -11.7. The van der Waals surface area contributed by atoms with Crippen molar-refractivity contribution in [1.29, 1.82) is 0 Å². The molecule has 1 unspecified atom stereocenters. The van der Waals surface area contributed by atoms with Crippen molar-refractivity contribution in [2.24, 2.45) is 37.9 Å². The van der Waals surface area contributed by atoms with Crippen molar-refractivity contribution in [3.05, 3.63) is 0 Å². The van der Waals surface area contributed by atoms with Gasteiger partial charge in [0.25, 0.3) is 0 Å². The number of esters is 7. The minimum absolute atomic E-state index is 0.0995. The molecular weight excluding hydrogens is 1210 g/mol. The monoisotopic (exact) mass is 1320 g/mol. The first-order chi connectivity index (χ1) is 39.8. The number of carbonyl (C=O) groups is 9. The Balaban J connectivity index is -0.000000179. The molecule has 3 N–H and O–H groups in total. The molecule has 1 atom stereocenters. The number of ether oxygens (including phenoxy) is 7. The summed E-state index contributed by atoms with van der Waals surface area (Å²) >= 11 is 0. The molecule has 0 spiro atoms. The molecule has 19 nitrogen and oxygen atoms in total. The van der Waals surface area contributed by atoms with E-state index in [4.69, 9.17) is 29.5 Å². The normalized spacial score (nSPS) is 12.3. The predicted octanol–water partition coefficient (Wildman–Crippen LogP) is 14.1. The van der Waals surface area contributed by atoms with Gasteiger partial charge in [-0.3, -0.25) is 33.6 Å². The second kappa shape index (κ2) is 44.9. The number of hydrogen-bond acceptors (Lipinski definition) is 17. The molecule has 530 valence electrons. The number of hydrogen-bond donors (Lipinski definition) is 3. The van der Waals surface area contributed by atoms with Crippen molar-refractivity contribution in [3.63, 3.8) is 0 Å². The molecule has 0 aliphatic carbocycles. The zero-order valence-corrected chi connectivity index (χ0v) is 56.6. The maximum Gasteiger partial charge on any atom is 0.425 e. The van der Waals surface area contributed by atoms with Crippen molar-refractivity contribution in [2.45, 2.75) is 248 Å². The van der Waals surface area contributed by atoms with Gasteiger partial charge in [-0.15, -0.1) is 0 Å². The summed E-state index contributed by atoms with van der Waals surface area (Å²) in [6, 6.07) is 0. The summed E-state index contributed by atoms with van der Waals surface area (Å²) in [7, 11) is 0. The molecule has 0 heterocycles. The lowest BCUT2D eigenvalue weighted by Gasteiger charge is -2.24. The molecule has 0 rings (SSSR count). The van der Waals surface area contributed by atoms with Gasteiger partial charge < -0.3 is 48.5 Å². The Labute approximate surface area is 520 Å². The number of aliphatic carboxylic acids is 2. The third-order valence-corrected chi connectivity index (χ3v) is 13.7. The zero-order valence-electron chi connectivity index (χ0n) is 56.6. The number of halogens is 10. The van der Waals surface area contributed by atoms with Gasteiger partial charge in [0, 0.05) is 6.42 Å². The van der Waals surface area contributed by atoms with Crippen LogP contribution in [-0.2, 0) is 76.3 Å².